The Labute approximate surface area is 149 Å². The number of ether oxygens (including phenoxy) is 1. The number of aryl methyl sites for hydroxylation is 1. The van der Waals surface area contributed by atoms with Gasteiger partial charge in [-0.3, -0.25) is 4.99 Å². The highest BCUT2D eigenvalue weighted by Crippen LogP contribution is 2.18. The first-order chi connectivity index (χ1) is 11.8. The van der Waals surface area contributed by atoms with Crippen molar-refractivity contribution in [1.29, 1.82) is 0 Å². The van der Waals surface area contributed by atoms with Crippen molar-refractivity contribution in [3.05, 3.63) is 35.4 Å². The van der Waals surface area contributed by atoms with Gasteiger partial charge >= 0.3 is 6.09 Å². The van der Waals surface area contributed by atoms with Gasteiger partial charge in [0.2, 0.25) is 0 Å². The van der Waals surface area contributed by atoms with Crippen LogP contribution in [-0.2, 0) is 11.3 Å². The molecule has 0 aromatic heterocycles. The number of hydrogen-bond acceptors (Lipinski definition) is 5. The Morgan fingerprint density at radius 1 is 1.36 bits per heavy atom. The van der Waals surface area contributed by atoms with Crippen LogP contribution in [0.5, 0.6) is 0 Å². The van der Waals surface area contributed by atoms with Crippen molar-refractivity contribution in [3.63, 3.8) is 0 Å². The van der Waals surface area contributed by atoms with Gasteiger partial charge in [0.15, 0.2) is 5.96 Å². The number of nitrogens with zero attached hydrogens (tertiary/aromatic N) is 3. The van der Waals surface area contributed by atoms with Crippen LogP contribution in [0.4, 0.5) is 4.79 Å². The Hall–Kier alpha value is -2.24. The summed E-state index contributed by atoms with van der Waals surface area (Å²) in [4.78, 5) is 21.0. The summed E-state index contributed by atoms with van der Waals surface area (Å²) in [6, 6.07) is 8.71. The van der Waals surface area contributed by atoms with Crippen LogP contribution in [0.15, 0.2) is 29.3 Å². The molecule has 0 radical (unpaired) electrons. The minimum atomic E-state index is -0.457. The van der Waals surface area contributed by atoms with Gasteiger partial charge in [0, 0.05) is 26.2 Å². The Balaban J connectivity index is 1.53. The smallest absolute Gasteiger partial charge is 0.410 e. The summed E-state index contributed by atoms with van der Waals surface area (Å²) in [7, 11) is 0. The van der Waals surface area contributed by atoms with E-state index < -0.39 is 5.60 Å². The van der Waals surface area contributed by atoms with Gasteiger partial charge < -0.3 is 19.9 Å². The topological polar surface area (TPSA) is 57.2 Å². The molecule has 1 amide bonds. The molecule has 0 aliphatic carbocycles. The van der Waals surface area contributed by atoms with Crippen molar-refractivity contribution < 1.29 is 9.53 Å². The molecule has 1 unspecified atom stereocenters. The van der Waals surface area contributed by atoms with Crippen molar-refractivity contribution in [2.24, 2.45) is 4.99 Å². The third-order valence-electron chi connectivity index (χ3n) is 4.39. The molecule has 136 valence electrons. The third kappa shape index (κ3) is 4.44. The molecule has 2 aliphatic heterocycles. The first-order valence-corrected chi connectivity index (χ1v) is 8.90. The molecule has 2 aliphatic rings. The molecule has 25 heavy (non-hydrogen) atoms. The monoisotopic (exact) mass is 344 g/mol. The van der Waals surface area contributed by atoms with Crippen molar-refractivity contribution in [2.45, 2.75) is 45.9 Å². The summed E-state index contributed by atoms with van der Waals surface area (Å²) in [6.45, 7) is 11.4. The molecule has 1 aromatic carbocycles. The van der Waals surface area contributed by atoms with Crippen LogP contribution in [0.1, 0.15) is 31.9 Å². The molecule has 6 heteroatoms. The lowest BCUT2D eigenvalue weighted by Crippen LogP contribution is -2.57. The average molecular weight is 344 g/mol. The van der Waals surface area contributed by atoms with Gasteiger partial charge in [0.05, 0.1) is 12.6 Å². The van der Waals surface area contributed by atoms with E-state index >= 15 is 0 Å². The van der Waals surface area contributed by atoms with Crippen LogP contribution in [0, 0.1) is 6.92 Å². The zero-order valence-electron chi connectivity index (χ0n) is 15.6. The summed E-state index contributed by atoms with van der Waals surface area (Å²) in [6.07, 6.45) is -0.228. The highest BCUT2D eigenvalue weighted by Gasteiger charge is 2.36. The maximum absolute atomic E-state index is 12.3. The van der Waals surface area contributed by atoms with E-state index in [4.69, 9.17) is 4.74 Å². The average Bonchev–Trinajstić information content (AvgIpc) is 2.93. The fourth-order valence-corrected chi connectivity index (χ4v) is 3.23. The number of nitrogens with one attached hydrogen (secondary N) is 1. The van der Waals surface area contributed by atoms with E-state index in [-0.39, 0.29) is 12.1 Å². The summed E-state index contributed by atoms with van der Waals surface area (Å²) in [5.41, 5.74) is 2.05. The molecule has 6 nitrogen and oxygen atoms in total. The molecule has 1 N–H and O–H groups in total. The second-order valence-electron chi connectivity index (χ2n) is 7.78. The molecule has 3 rings (SSSR count). The lowest BCUT2D eigenvalue weighted by molar-refractivity contribution is 0.0137. The van der Waals surface area contributed by atoms with Crippen molar-refractivity contribution >= 4 is 12.1 Å². The van der Waals surface area contributed by atoms with Crippen LogP contribution in [0.3, 0.4) is 0 Å². The van der Waals surface area contributed by atoms with Gasteiger partial charge in [-0.15, -0.1) is 0 Å². The second-order valence-corrected chi connectivity index (χ2v) is 7.78. The van der Waals surface area contributed by atoms with Crippen LogP contribution >= 0.6 is 0 Å². The predicted molar refractivity (Wildman–Crippen MR) is 98.6 cm³/mol. The van der Waals surface area contributed by atoms with E-state index in [0.29, 0.717) is 13.1 Å². The lowest BCUT2D eigenvalue weighted by atomic mass is 10.1. The number of rotatable bonds is 2. The fourth-order valence-electron chi connectivity index (χ4n) is 3.23. The number of benzene rings is 1. The molecule has 1 aromatic rings. The SMILES string of the molecule is Cc1cccc(CNC2=NCC3CN(C(=O)OC(C)(C)C)CCN23)c1. The minimum absolute atomic E-state index is 0.228. The number of guanidine groups is 1. The molecular formula is C19H28N4O2. The quantitative estimate of drug-likeness (QED) is 0.895. The van der Waals surface area contributed by atoms with Gasteiger partial charge in [-0.05, 0) is 33.3 Å². The molecule has 2 heterocycles. The lowest BCUT2D eigenvalue weighted by Gasteiger charge is -2.39. The first-order valence-electron chi connectivity index (χ1n) is 8.90. The normalized spacial score (nSPS) is 20.2. The first kappa shape index (κ1) is 17.6. The molecule has 0 spiro atoms. The van der Waals surface area contributed by atoms with Gasteiger partial charge in [0.1, 0.15) is 5.60 Å². The minimum Gasteiger partial charge on any atom is -0.444 e. The third-order valence-corrected chi connectivity index (χ3v) is 4.39. The summed E-state index contributed by atoms with van der Waals surface area (Å²) in [5, 5.41) is 3.45. The number of carbonyl (C=O) groups excluding carboxylic acids is 1. The van der Waals surface area contributed by atoms with Crippen LogP contribution in [0.25, 0.3) is 0 Å². The number of piperazine rings is 1. The number of fused-ring (bicyclic) bond motifs is 1. The number of aliphatic imine (C=N–C) groups is 1. The second kappa shape index (κ2) is 6.94. The zero-order chi connectivity index (χ0) is 18.0. The van der Waals surface area contributed by atoms with Gasteiger partial charge in [-0.2, -0.15) is 0 Å². The maximum atomic E-state index is 12.3. The molecule has 1 fully saturated rings. The Bertz CT molecular complexity index is 666. The summed E-state index contributed by atoms with van der Waals surface area (Å²) < 4.78 is 5.48. The highest BCUT2D eigenvalue weighted by molar-refractivity contribution is 5.82. The van der Waals surface area contributed by atoms with Gasteiger partial charge in [0.25, 0.3) is 0 Å². The Morgan fingerprint density at radius 3 is 2.88 bits per heavy atom. The highest BCUT2D eigenvalue weighted by atomic mass is 16.6. The standard InChI is InChI=1S/C19H28N4O2/c1-14-6-5-7-15(10-14)11-20-17-21-12-16-13-22(8-9-23(16)17)18(24)25-19(2,3)4/h5-7,10,16H,8-9,11-13H2,1-4H3,(H,20,21). The van der Waals surface area contributed by atoms with Gasteiger partial charge in [-0.1, -0.05) is 29.8 Å². The molecule has 1 atom stereocenters. The van der Waals surface area contributed by atoms with E-state index in [2.05, 4.69) is 46.4 Å². The maximum Gasteiger partial charge on any atom is 0.410 e. The van der Waals surface area contributed by atoms with Crippen LogP contribution < -0.4 is 5.32 Å². The predicted octanol–water partition coefficient (Wildman–Crippen LogP) is 2.38. The largest absolute Gasteiger partial charge is 0.444 e. The van der Waals surface area contributed by atoms with E-state index in [9.17, 15) is 4.79 Å². The number of amides is 1. The summed E-state index contributed by atoms with van der Waals surface area (Å²) in [5.74, 6) is 0.940. The van der Waals surface area contributed by atoms with Crippen molar-refractivity contribution in [3.8, 4) is 0 Å². The van der Waals surface area contributed by atoms with E-state index in [0.717, 1.165) is 25.6 Å². The number of carbonyl (C=O) groups is 1. The van der Waals surface area contributed by atoms with Crippen LogP contribution in [-0.4, -0.2) is 59.7 Å². The van der Waals surface area contributed by atoms with Gasteiger partial charge in [-0.25, -0.2) is 4.79 Å². The molecule has 0 bridgehead atoms. The Morgan fingerprint density at radius 2 is 2.16 bits per heavy atom. The number of hydrogen-bond donors (Lipinski definition) is 1. The molecule has 1 saturated heterocycles. The summed E-state index contributed by atoms with van der Waals surface area (Å²) >= 11 is 0. The fraction of sp³-hybridized carbons (Fsp3) is 0.579. The van der Waals surface area contributed by atoms with Crippen molar-refractivity contribution in [1.82, 2.24) is 15.1 Å². The molecule has 0 saturated carbocycles. The molecular weight excluding hydrogens is 316 g/mol. The zero-order valence-corrected chi connectivity index (χ0v) is 15.6. The van der Waals surface area contributed by atoms with E-state index in [1.165, 1.54) is 11.1 Å². The van der Waals surface area contributed by atoms with Crippen LogP contribution in [0.2, 0.25) is 0 Å². The van der Waals surface area contributed by atoms with Crippen molar-refractivity contribution in [2.75, 3.05) is 26.2 Å². The Kier molecular flexibility index (Phi) is 4.88. The van der Waals surface area contributed by atoms with E-state index in [1.54, 1.807) is 4.90 Å². The van der Waals surface area contributed by atoms with E-state index in [1.807, 2.05) is 20.8 Å².